The molecule has 3 nitrogen and oxygen atoms in total. The number of hydrogen-bond acceptors (Lipinski definition) is 2. The van der Waals surface area contributed by atoms with Crippen molar-refractivity contribution in [2.45, 2.75) is 6.92 Å². The first-order chi connectivity index (χ1) is 8.95. The number of amides is 1. The summed E-state index contributed by atoms with van der Waals surface area (Å²) in [5.74, 6) is -0.168. The highest BCUT2D eigenvalue weighted by Crippen LogP contribution is 2.22. The van der Waals surface area contributed by atoms with Gasteiger partial charge >= 0.3 is 0 Å². The van der Waals surface area contributed by atoms with Crippen molar-refractivity contribution < 1.29 is 4.79 Å². The highest BCUT2D eigenvalue weighted by Gasteiger charge is 2.08. The normalized spacial score (nSPS) is 10.3. The lowest BCUT2D eigenvalue weighted by atomic mass is 10.1. The van der Waals surface area contributed by atoms with Crippen LogP contribution in [0.2, 0.25) is 0 Å². The molecule has 0 atom stereocenters. The van der Waals surface area contributed by atoms with E-state index in [-0.39, 0.29) is 5.91 Å². The lowest BCUT2D eigenvalue weighted by Crippen LogP contribution is -2.12. The lowest BCUT2D eigenvalue weighted by molar-refractivity contribution is 0.102. The van der Waals surface area contributed by atoms with E-state index in [1.165, 1.54) is 0 Å². The zero-order valence-corrected chi connectivity index (χ0v) is 13.4. The predicted octanol–water partition coefficient (Wildman–Crippen LogP) is 4.35. The molecule has 0 aromatic heterocycles. The third-order valence-corrected chi connectivity index (χ3v) is 3.71. The summed E-state index contributed by atoms with van der Waals surface area (Å²) < 4.78 is 1.65. The number of nitrogens with one attached hydrogen (secondary N) is 1. The number of aryl methyl sites for hydroxylation is 1. The molecule has 0 aliphatic rings. The van der Waals surface area contributed by atoms with Gasteiger partial charge in [-0.15, -0.1) is 0 Å². The van der Waals surface area contributed by atoms with Crippen LogP contribution in [-0.4, -0.2) is 5.91 Å². The molecule has 0 saturated carbocycles. The minimum absolute atomic E-state index is 0.168. The summed E-state index contributed by atoms with van der Waals surface area (Å²) in [6.45, 7) is 1.97. The Morgan fingerprint density at radius 2 is 1.89 bits per heavy atom. The molecule has 3 N–H and O–H groups in total. The quantitative estimate of drug-likeness (QED) is 0.757. The van der Waals surface area contributed by atoms with E-state index in [0.717, 1.165) is 15.7 Å². The monoisotopic (exact) mass is 382 g/mol. The largest absolute Gasteiger partial charge is 0.398 e. The summed E-state index contributed by atoms with van der Waals surface area (Å²) in [6, 6.07) is 10.8. The van der Waals surface area contributed by atoms with Gasteiger partial charge in [0, 0.05) is 25.9 Å². The van der Waals surface area contributed by atoms with Crippen LogP contribution in [0, 0.1) is 6.92 Å². The Balaban J connectivity index is 2.22. The molecule has 0 spiro atoms. The second-order valence-electron chi connectivity index (χ2n) is 4.21. The molecule has 98 valence electrons. The number of halogens is 2. The van der Waals surface area contributed by atoms with Gasteiger partial charge in [-0.25, -0.2) is 0 Å². The molecule has 0 aliphatic heterocycles. The number of benzene rings is 2. The van der Waals surface area contributed by atoms with Gasteiger partial charge in [0.1, 0.15) is 0 Å². The minimum Gasteiger partial charge on any atom is -0.398 e. The Labute approximate surface area is 128 Å². The number of carbonyl (C=O) groups excluding carboxylic acids is 1. The van der Waals surface area contributed by atoms with E-state index in [1.54, 1.807) is 18.2 Å². The number of rotatable bonds is 2. The molecular weight excluding hydrogens is 372 g/mol. The van der Waals surface area contributed by atoms with Crippen molar-refractivity contribution in [1.82, 2.24) is 0 Å². The van der Waals surface area contributed by atoms with Gasteiger partial charge in [-0.1, -0.05) is 15.9 Å². The molecule has 1 amide bonds. The molecule has 0 saturated heterocycles. The third kappa shape index (κ3) is 3.58. The molecule has 0 aliphatic carbocycles. The highest BCUT2D eigenvalue weighted by molar-refractivity contribution is 9.10. The number of hydrogen-bond donors (Lipinski definition) is 2. The van der Waals surface area contributed by atoms with Gasteiger partial charge in [0.05, 0.1) is 0 Å². The maximum atomic E-state index is 12.1. The van der Waals surface area contributed by atoms with Crippen molar-refractivity contribution in [2.24, 2.45) is 0 Å². The Morgan fingerprint density at radius 1 is 1.16 bits per heavy atom. The standard InChI is InChI=1S/C14H12Br2N2O/c1-8-4-10(15)7-11(5-8)18-14(19)9-2-3-13(17)12(16)6-9/h2-7H,17H2,1H3,(H,18,19). The van der Waals surface area contributed by atoms with E-state index in [9.17, 15) is 4.79 Å². The summed E-state index contributed by atoms with van der Waals surface area (Å²) >= 11 is 6.72. The Bertz CT molecular complexity index is 621. The van der Waals surface area contributed by atoms with E-state index in [2.05, 4.69) is 37.2 Å². The van der Waals surface area contributed by atoms with Crippen molar-refractivity contribution in [2.75, 3.05) is 11.1 Å². The lowest BCUT2D eigenvalue weighted by Gasteiger charge is -2.08. The van der Waals surface area contributed by atoms with E-state index >= 15 is 0 Å². The first-order valence-corrected chi connectivity index (χ1v) is 7.18. The molecule has 2 aromatic rings. The van der Waals surface area contributed by atoms with Crippen molar-refractivity contribution in [3.8, 4) is 0 Å². The van der Waals surface area contributed by atoms with Crippen molar-refractivity contribution in [1.29, 1.82) is 0 Å². The molecule has 0 fully saturated rings. The molecule has 2 aromatic carbocycles. The van der Waals surface area contributed by atoms with Crippen molar-refractivity contribution in [3.63, 3.8) is 0 Å². The Morgan fingerprint density at radius 3 is 2.53 bits per heavy atom. The first-order valence-electron chi connectivity index (χ1n) is 5.59. The smallest absolute Gasteiger partial charge is 0.255 e. The second-order valence-corrected chi connectivity index (χ2v) is 5.98. The van der Waals surface area contributed by atoms with Crippen molar-refractivity contribution in [3.05, 3.63) is 56.5 Å². The summed E-state index contributed by atoms with van der Waals surface area (Å²) in [4.78, 5) is 12.1. The van der Waals surface area contributed by atoms with Crippen LogP contribution in [0.15, 0.2) is 45.3 Å². The molecule has 0 heterocycles. The third-order valence-electron chi connectivity index (χ3n) is 2.56. The van der Waals surface area contributed by atoms with Gasteiger partial charge in [-0.05, 0) is 64.8 Å². The number of carbonyl (C=O) groups is 1. The van der Waals surface area contributed by atoms with Gasteiger partial charge in [-0.3, -0.25) is 4.79 Å². The maximum absolute atomic E-state index is 12.1. The topological polar surface area (TPSA) is 55.1 Å². The van der Waals surface area contributed by atoms with Crippen LogP contribution in [0.3, 0.4) is 0 Å². The highest BCUT2D eigenvalue weighted by atomic mass is 79.9. The van der Waals surface area contributed by atoms with Crippen LogP contribution in [0.5, 0.6) is 0 Å². The fraction of sp³-hybridized carbons (Fsp3) is 0.0714. The van der Waals surface area contributed by atoms with Gasteiger partial charge in [0.25, 0.3) is 5.91 Å². The van der Waals surface area contributed by atoms with Crippen molar-refractivity contribution >= 4 is 49.1 Å². The zero-order chi connectivity index (χ0) is 14.0. The molecule has 0 unspecified atom stereocenters. The number of anilines is 2. The van der Waals surface area contributed by atoms with Crippen LogP contribution in [-0.2, 0) is 0 Å². The molecular formula is C14H12Br2N2O. The predicted molar refractivity (Wildman–Crippen MR) is 85.4 cm³/mol. The molecule has 5 heteroatoms. The molecule has 0 bridgehead atoms. The summed E-state index contributed by atoms with van der Waals surface area (Å²) in [5.41, 5.74) is 8.68. The summed E-state index contributed by atoms with van der Waals surface area (Å²) in [6.07, 6.45) is 0. The zero-order valence-electron chi connectivity index (χ0n) is 10.2. The summed E-state index contributed by atoms with van der Waals surface area (Å²) in [5, 5.41) is 2.86. The average molecular weight is 384 g/mol. The van der Waals surface area contributed by atoms with Gasteiger partial charge < -0.3 is 11.1 Å². The number of nitrogen functional groups attached to an aromatic ring is 1. The van der Waals surface area contributed by atoms with E-state index in [1.807, 2.05) is 25.1 Å². The van der Waals surface area contributed by atoms with Crippen LogP contribution in [0.4, 0.5) is 11.4 Å². The first kappa shape index (κ1) is 14.1. The summed E-state index contributed by atoms with van der Waals surface area (Å²) in [7, 11) is 0. The Hall–Kier alpha value is -1.33. The van der Waals surface area contributed by atoms with Crippen LogP contribution in [0.25, 0.3) is 0 Å². The molecule has 0 radical (unpaired) electrons. The minimum atomic E-state index is -0.168. The van der Waals surface area contributed by atoms with E-state index < -0.39 is 0 Å². The van der Waals surface area contributed by atoms with Gasteiger partial charge in [0.2, 0.25) is 0 Å². The van der Waals surface area contributed by atoms with E-state index in [4.69, 9.17) is 5.73 Å². The van der Waals surface area contributed by atoms with Crippen LogP contribution < -0.4 is 11.1 Å². The van der Waals surface area contributed by atoms with Crippen LogP contribution >= 0.6 is 31.9 Å². The fourth-order valence-corrected chi connectivity index (χ4v) is 2.67. The fourth-order valence-electron chi connectivity index (χ4n) is 1.68. The molecule has 2 rings (SSSR count). The SMILES string of the molecule is Cc1cc(Br)cc(NC(=O)c2ccc(N)c(Br)c2)c1. The average Bonchev–Trinajstić information content (AvgIpc) is 2.31. The maximum Gasteiger partial charge on any atom is 0.255 e. The number of nitrogens with two attached hydrogens (primary N) is 1. The van der Waals surface area contributed by atoms with Gasteiger partial charge in [-0.2, -0.15) is 0 Å². The molecule has 19 heavy (non-hydrogen) atoms. The second kappa shape index (κ2) is 5.75. The van der Waals surface area contributed by atoms with Crippen LogP contribution in [0.1, 0.15) is 15.9 Å². The van der Waals surface area contributed by atoms with Gasteiger partial charge in [0.15, 0.2) is 0 Å². The Kier molecular flexibility index (Phi) is 4.27. The van der Waals surface area contributed by atoms with E-state index in [0.29, 0.717) is 15.7 Å².